The molecule has 0 amide bonds. The van der Waals surface area contributed by atoms with Gasteiger partial charge in [0.25, 0.3) is 0 Å². The van der Waals surface area contributed by atoms with Gasteiger partial charge in [-0.1, -0.05) is 25.7 Å². The molecule has 2 aliphatic rings. The zero-order valence-electron chi connectivity index (χ0n) is 10.9. The van der Waals surface area contributed by atoms with Crippen molar-refractivity contribution in [2.45, 2.75) is 69.9 Å². The summed E-state index contributed by atoms with van der Waals surface area (Å²) >= 11 is 0. The van der Waals surface area contributed by atoms with Crippen LogP contribution in [0.4, 0.5) is 0 Å². The lowest BCUT2D eigenvalue weighted by atomic mass is 9.79. The Morgan fingerprint density at radius 1 is 1.25 bits per heavy atom. The van der Waals surface area contributed by atoms with Gasteiger partial charge >= 0.3 is 0 Å². The fourth-order valence-electron chi connectivity index (χ4n) is 3.21. The quantitative estimate of drug-likeness (QED) is 0.750. The first kappa shape index (κ1) is 12.4. The number of rotatable bonds is 6. The fourth-order valence-corrected chi connectivity index (χ4v) is 3.21. The van der Waals surface area contributed by atoms with Gasteiger partial charge < -0.3 is 10.1 Å². The Morgan fingerprint density at radius 2 is 1.94 bits per heavy atom. The Kier molecular flexibility index (Phi) is 4.26. The van der Waals surface area contributed by atoms with Gasteiger partial charge in [-0.25, -0.2) is 0 Å². The minimum absolute atomic E-state index is 0.184. The maximum Gasteiger partial charge on any atom is 0.0802 e. The summed E-state index contributed by atoms with van der Waals surface area (Å²) in [5.74, 6) is 0.988. The van der Waals surface area contributed by atoms with Gasteiger partial charge in [0.15, 0.2) is 0 Å². The van der Waals surface area contributed by atoms with Crippen molar-refractivity contribution in [2.24, 2.45) is 5.92 Å². The van der Waals surface area contributed by atoms with Crippen LogP contribution in [-0.2, 0) is 4.74 Å². The molecule has 0 bridgehead atoms. The van der Waals surface area contributed by atoms with Crippen LogP contribution in [-0.4, -0.2) is 25.3 Å². The third kappa shape index (κ3) is 2.98. The van der Waals surface area contributed by atoms with Crippen LogP contribution < -0.4 is 5.32 Å². The maximum absolute atomic E-state index is 5.63. The molecule has 2 heteroatoms. The second kappa shape index (κ2) is 5.50. The summed E-state index contributed by atoms with van der Waals surface area (Å²) in [4.78, 5) is 0. The molecule has 0 radical (unpaired) electrons. The van der Waals surface area contributed by atoms with E-state index in [2.05, 4.69) is 12.2 Å². The summed E-state index contributed by atoms with van der Waals surface area (Å²) in [5, 5.41) is 3.68. The van der Waals surface area contributed by atoms with Gasteiger partial charge in [-0.15, -0.1) is 0 Å². The van der Waals surface area contributed by atoms with Crippen LogP contribution in [0.15, 0.2) is 0 Å². The van der Waals surface area contributed by atoms with Crippen LogP contribution in [0.5, 0.6) is 0 Å². The van der Waals surface area contributed by atoms with Crippen LogP contribution in [0.25, 0.3) is 0 Å². The molecule has 1 atom stereocenters. The zero-order chi connectivity index (χ0) is 11.4. The molecule has 0 aliphatic heterocycles. The molecule has 2 nitrogen and oxygen atoms in total. The molecule has 0 aromatic heterocycles. The average molecular weight is 225 g/mol. The second-order valence-corrected chi connectivity index (χ2v) is 5.91. The lowest BCUT2D eigenvalue weighted by molar-refractivity contribution is -0.0708. The van der Waals surface area contributed by atoms with Crippen molar-refractivity contribution in [1.82, 2.24) is 5.32 Å². The third-order valence-corrected chi connectivity index (χ3v) is 4.63. The molecular weight excluding hydrogens is 198 g/mol. The van der Waals surface area contributed by atoms with E-state index in [1.54, 1.807) is 0 Å². The van der Waals surface area contributed by atoms with Crippen molar-refractivity contribution in [2.75, 3.05) is 13.7 Å². The van der Waals surface area contributed by atoms with Gasteiger partial charge in [-0.3, -0.25) is 0 Å². The van der Waals surface area contributed by atoms with E-state index in [-0.39, 0.29) is 5.60 Å². The highest BCUT2D eigenvalue weighted by Crippen LogP contribution is 2.34. The molecule has 0 aromatic rings. The van der Waals surface area contributed by atoms with E-state index >= 15 is 0 Å². The van der Waals surface area contributed by atoms with E-state index in [4.69, 9.17) is 4.74 Å². The van der Waals surface area contributed by atoms with Gasteiger partial charge in [0.05, 0.1) is 5.60 Å². The minimum Gasteiger partial charge on any atom is -0.377 e. The van der Waals surface area contributed by atoms with E-state index in [0.717, 1.165) is 12.5 Å². The Balaban J connectivity index is 1.64. The van der Waals surface area contributed by atoms with Crippen molar-refractivity contribution in [3.05, 3.63) is 0 Å². The van der Waals surface area contributed by atoms with E-state index in [0.29, 0.717) is 6.04 Å². The van der Waals surface area contributed by atoms with Crippen LogP contribution in [0.3, 0.4) is 0 Å². The summed E-state index contributed by atoms with van der Waals surface area (Å²) in [5.41, 5.74) is 0.184. The first-order chi connectivity index (χ1) is 7.74. The lowest BCUT2D eigenvalue weighted by Crippen LogP contribution is -2.50. The van der Waals surface area contributed by atoms with Crippen molar-refractivity contribution in [1.29, 1.82) is 0 Å². The molecule has 2 saturated carbocycles. The van der Waals surface area contributed by atoms with Gasteiger partial charge in [0.1, 0.15) is 0 Å². The van der Waals surface area contributed by atoms with E-state index in [1.165, 1.54) is 51.4 Å². The number of nitrogens with one attached hydrogen (secondary N) is 1. The van der Waals surface area contributed by atoms with Gasteiger partial charge in [-0.05, 0) is 38.5 Å². The molecule has 1 N–H and O–H groups in total. The predicted molar refractivity (Wildman–Crippen MR) is 67.6 cm³/mol. The summed E-state index contributed by atoms with van der Waals surface area (Å²) in [7, 11) is 1.86. The summed E-state index contributed by atoms with van der Waals surface area (Å²) < 4.78 is 5.63. The minimum atomic E-state index is 0.184. The molecule has 2 aliphatic carbocycles. The predicted octanol–water partition coefficient (Wildman–Crippen LogP) is 3.11. The van der Waals surface area contributed by atoms with Crippen LogP contribution in [0, 0.1) is 5.92 Å². The Labute approximate surface area is 100 Å². The SMILES string of the molecule is COC1(CNC(C)CC2CCCC2)CCC1. The van der Waals surface area contributed by atoms with Crippen molar-refractivity contribution in [3.8, 4) is 0 Å². The van der Waals surface area contributed by atoms with Crippen molar-refractivity contribution >= 4 is 0 Å². The molecule has 2 fully saturated rings. The monoisotopic (exact) mass is 225 g/mol. The fraction of sp³-hybridized carbons (Fsp3) is 1.00. The van der Waals surface area contributed by atoms with E-state index in [1.807, 2.05) is 7.11 Å². The topological polar surface area (TPSA) is 21.3 Å². The molecule has 1 unspecified atom stereocenters. The third-order valence-electron chi connectivity index (χ3n) is 4.63. The van der Waals surface area contributed by atoms with E-state index < -0.39 is 0 Å². The molecular formula is C14H27NO. The summed E-state index contributed by atoms with van der Waals surface area (Å²) in [6.45, 7) is 3.39. The Morgan fingerprint density at radius 3 is 2.44 bits per heavy atom. The first-order valence-corrected chi connectivity index (χ1v) is 7.03. The van der Waals surface area contributed by atoms with Crippen LogP contribution >= 0.6 is 0 Å². The van der Waals surface area contributed by atoms with Crippen molar-refractivity contribution < 1.29 is 4.74 Å². The molecule has 0 aromatic carbocycles. The average Bonchev–Trinajstić information content (AvgIpc) is 2.69. The lowest BCUT2D eigenvalue weighted by Gasteiger charge is -2.41. The standard InChI is InChI=1S/C14H27NO/c1-12(10-13-6-3-4-7-13)15-11-14(16-2)8-5-9-14/h12-13,15H,3-11H2,1-2H3. The van der Waals surface area contributed by atoms with Gasteiger partial charge in [-0.2, -0.15) is 0 Å². The van der Waals surface area contributed by atoms with E-state index in [9.17, 15) is 0 Å². The number of methoxy groups -OCH3 is 1. The first-order valence-electron chi connectivity index (χ1n) is 7.03. The number of hydrogen-bond acceptors (Lipinski definition) is 2. The van der Waals surface area contributed by atoms with Crippen LogP contribution in [0.1, 0.15) is 58.3 Å². The molecule has 0 spiro atoms. The zero-order valence-corrected chi connectivity index (χ0v) is 10.9. The van der Waals surface area contributed by atoms with Gasteiger partial charge in [0, 0.05) is 19.7 Å². The molecule has 94 valence electrons. The summed E-state index contributed by atoms with van der Waals surface area (Å²) in [6, 6.07) is 0.663. The summed E-state index contributed by atoms with van der Waals surface area (Å²) in [6.07, 6.45) is 11.0. The highest BCUT2D eigenvalue weighted by atomic mass is 16.5. The maximum atomic E-state index is 5.63. The Hall–Kier alpha value is -0.0800. The Bertz CT molecular complexity index is 201. The number of ether oxygens (including phenoxy) is 1. The normalized spacial score (nSPS) is 26.6. The molecule has 0 heterocycles. The van der Waals surface area contributed by atoms with Crippen molar-refractivity contribution in [3.63, 3.8) is 0 Å². The molecule has 2 rings (SSSR count). The van der Waals surface area contributed by atoms with Gasteiger partial charge in [0.2, 0.25) is 0 Å². The second-order valence-electron chi connectivity index (χ2n) is 5.91. The molecule has 0 saturated heterocycles. The largest absolute Gasteiger partial charge is 0.377 e. The molecule has 16 heavy (non-hydrogen) atoms. The highest BCUT2D eigenvalue weighted by molar-refractivity contribution is 4.92. The van der Waals surface area contributed by atoms with Crippen LogP contribution in [0.2, 0.25) is 0 Å². The smallest absolute Gasteiger partial charge is 0.0802 e. The highest BCUT2D eigenvalue weighted by Gasteiger charge is 2.36. The number of hydrogen-bond donors (Lipinski definition) is 1.